The summed E-state index contributed by atoms with van der Waals surface area (Å²) in [5.41, 5.74) is -0.673. The van der Waals surface area contributed by atoms with E-state index in [1.54, 1.807) is 6.92 Å². The number of nitro benzene ring substituents is 2. The highest BCUT2D eigenvalue weighted by atomic mass is 16.6. The van der Waals surface area contributed by atoms with Crippen LogP contribution in [0.1, 0.15) is 6.92 Å². The largest absolute Gasteiger partial charge is 0.468 e. The highest BCUT2D eigenvalue weighted by molar-refractivity contribution is 5.78. The van der Waals surface area contributed by atoms with Gasteiger partial charge in [0.2, 0.25) is 0 Å². The third-order valence-electron chi connectivity index (χ3n) is 2.64. The maximum absolute atomic E-state index is 11.3. The fourth-order valence-corrected chi connectivity index (χ4v) is 1.63. The van der Waals surface area contributed by atoms with E-state index in [9.17, 15) is 25.0 Å². The summed E-state index contributed by atoms with van der Waals surface area (Å²) in [5, 5.41) is 21.7. The van der Waals surface area contributed by atoms with Crippen molar-refractivity contribution in [2.75, 3.05) is 25.1 Å². The lowest BCUT2D eigenvalue weighted by Gasteiger charge is -2.21. The third-order valence-corrected chi connectivity index (χ3v) is 2.64. The Hall–Kier alpha value is -2.71. The zero-order chi connectivity index (χ0) is 15.3. The summed E-state index contributed by atoms with van der Waals surface area (Å²) in [6.45, 7) is 1.84. The number of carbonyl (C=O) groups is 1. The van der Waals surface area contributed by atoms with E-state index in [1.807, 2.05) is 0 Å². The van der Waals surface area contributed by atoms with Crippen molar-refractivity contribution in [3.8, 4) is 0 Å². The molecule has 0 radical (unpaired) electrons. The number of ether oxygens (including phenoxy) is 1. The van der Waals surface area contributed by atoms with Crippen molar-refractivity contribution in [3.05, 3.63) is 38.4 Å². The topological polar surface area (TPSA) is 116 Å². The molecule has 1 rings (SSSR count). The summed E-state index contributed by atoms with van der Waals surface area (Å²) in [6, 6.07) is 3.28. The van der Waals surface area contributed by atoms with Crippen LogP contribution in [0.4, 0.5) is 17.1 Å². The van der Waals surface area contributed by atoms with Crippen molar-refractivity contribution in [2.45, 2.75) is 6.92 Å². The zero-order valence-electron chi connectivity index (χ0n) is 10.9. The van der Waals surface area contributed by atoms with E-state index in [0.717, 1.165) is 12.1 Å². The van der Waals surface area contributed by atoms with E-state index in [2.05, 4.69) is 4.74 Å². The van der Waals surface area contributed by atoms with Gasteiger partial charge < -0.3 is 9.64 Å². The molecule has 0 saturated heterocycles. The van der Waals surface area contributed by atoms with Crippen molar-refractivity contribution >= 4 is 23.0 Å². The van der Waals surface area contributed by atoms with Gasteiger partial charge in [-0.15, -0.1) is 0 Å². The van der Waals surface area contributed by atoms with Gasteiger partial charge in [0, 0.05) is 12.6 Å². The lowest BCUT2D eigenvalue weighted by atomic mass is 10.2. The Bertz CT molecular complexity index is 545. The number of esters is 1. The molecule has 9 nitrogen and oxygen atoms in total. The summed E-state index contributed by atoms with van der Waals surface area (Å²) >= 11 is 0. The maximum Gasteiger partial charge on any atom is 0.325 e. The van der Waals surface area contributed by atoms with E-state index < -0.39 is 21.5 Å². The normalized spacial score (nSPS) is 9.90. The van der Waals surface area contributed by atoms with Crippen molar-refractivity contribution < 1.29 is 19.4 Å². The van der Waals surface area contributed by atoms with Crippen LogP contribution in [0.2, 0.25) is 0 Å². The molecular weight excluding hydrogens is 270 g/mol. The fraction of sp³-hybridized carbons (Fsp3) is 0.364. The number of methoxy groups -OCH3 is 1. The van der Waals surface area contributed by atoms with E-state index in [0.29, 0.717) is 6.54 Å². The summed E-state index contributed by atoms with van der Waals surface area (Å²) in [6.07, 6.45) is 0. The van der Waals surface area contributed by atoms with Crippen LogP contribution in [-0.4, -0.2) is 36.0 Å². The Kier molecular flexibility index (Phi) is 4.95. The Morgan fingerprint density at radius 2 is 1.95 bits per heavy atom. The standard InChI is InChI=1S/C11H13N3O6/c1-3-12(7-11(15)20-2)9-5-4-8(13(16)17)6-10(9)14(18)19/h4-6H,3,7H2,1-2H3. The second-order valence-electron chi connectivity index (χ2n) is 3.78. The van der Waals surface area contributed by atoms with Gasteiger partial charge in [0.05, 0.1) is 23.0 Å². The molecule has 0 saturated carbocycles. The molecule has 1 aromatic rings. The highest BCUT2D eigenvalue weighted by Gasteiger charge is 2.24. The van der Waals surface area contributed by atoms with Crippen LogP contribution < -0.4 is 4.90 Å². The first-order valence-electron chi connectivity index (χ1n) is 5.65. The quantitative estimate of drug-likeness (QED) is 0.441. The number of likely N-dealkylation sites (N-methyl/N-ethyl adjacent to an activating group) is 1. The molecule has 0 aliphatic heterocycles. The summed E-state index contributed by atoms with van der Waals surface area (Å²) in [4.78, 5) is 32.9. The lowest BCUT2D eigenvalue weighted by Crippen LogP contribution is -2.30. The predicted octanol–water partition coefficient (Wildman–Crippen LogP) is 1.50. The molecule has 0 bridgehead atoms. The average Bonchev–Trinajstić information content (AvgIpc) is 2.43. The molecule has 0 fully saturated rings. The van der Waals surface area contributed by atoms with Gasteiger partial charge in [-0.25, -0.2) is 0 Å². The summed E-state index contributed by atoms with van der Waals surface area (Å²) in [5.74, 6) is -0.556. The third kappa shape index (κ3) is 3.40. The highest BCUT2D eigenvalue weighted by Crippen LogP contribution is 2.31. The van der Waals surface area contributed by atoms with E-state index in [-0.39, 0.29) is 17.9 Å². The Morgan fingerprint density at radius 1 is 1.30 bits per heavy atom. The number of nitrogens with zero attached hydrogens (tertiary/aromatic N) is 3. The number of nitro groups is 2. The molecule has 0 N–H and O–H groups in total. The van der Waals surface area contributed by atoms with Gasteiger partial charge in [-0.2, -0.15) is 0 Å². The van der Waals surface area contributed by atoms with Crippen LogP contribution >= 0.6 is 0 Å². The Morgan fingerprint density at radius 3 is 2.40 bits per heavy atom. The van der Waals surface area contributed by atoms with Gasteiger partial charge in [0.25, 0.3) is 11.4 Å². The van der Waals surface area contributed by atoms with Crippen LogP contribution in [0.15, 0.2) is 18.2 Å². The molecular formula is C11H13N3O6. The summed E-state index contributed by atoms with van der Waals surface area (Å²) < 4.78 is 4.51. The number of non-ortho nitro benzene ring substituents is 1. The summed E-state index contributed by atoms with van der Waals surface area (Å²) in [7, 11) is 1.21. The minimum absolute atomic E-state index is 0.133. The average molecular weight is 283 g/mol. The van der Waals surface area contributed by atoms with E-state index in [4.69, 9.17) is 0 Å². The second-order valence-corrected chi connectivity index (χ2v) is 3.78. The first-order valence-corrected chi connectivity index (χ1v) is 5.65. The fourth-order valence-electron chi connectivity index (χ4n) is 1.63. The minimum Gasteiger partial charge on any atom is -0.468 e. The molecule has 9 heteroatoms. The molecule has 0 amide bonds. The number of rotatable bonds is 6. The van der Waals surface area contributed by atoms with Gasteiger partial charge in [-0.05, 0) is 13.0 Å². The van der Waals surface area contributed by atoms with E-state index >= 15 is 0 Å². The number of benzene rings is 1. The van der Waals surface area contributed by atoms with Crippen molar-refractivity contribution in [1.29, 1.82) is 0 Å². The Balaban J connectivity index is 3.24. The van der Waals surface area contributed by atoms with Gasteiger partial charge in [0.1, 0.15) is 12.2 Å². The van der Waals surface area contributed by atoms with Crippen molar-refractivity contribution in [2.24, 2.45) is 0 Å². The number of hydrogen-bond acceptors (Lipinski definition) is 7. The van der Waals surface area contributed by atoms with Crippen LogP contribution in [-0.2, 0) is 9.53 Å². The number of carbonyl (C=O) groups excluding carboxylic acids is 1. The molecule has 0 atom stereocenters. The molecule has 0 aliphatic rings. The molecule has 0 aliphatic carbocycles. The van der Waals surface area contributed by atoms with Crippen LogP contribution in [0.5, 0.6) is 0 Å². The van der Waals surface area contributed by atoms with Crippen molar-refractivity contribution in [1.82, 2.24) is 0 Å². The minimum atomic E-state index is -0.720. The van der Waals surface area contributed by atoms with Crippen LogP contribution in [0.3, 0.4) is 0 Å². The smallest absolute Gasteiger partial charge is 0.325 e. The molecule has 1 aromatic carbocycles. The molecule has 0 spiro atoms. The van der Waals surface area contributed by atoms with Crippen LogP contribution in [0.25, 0.3) is 0 Å². The maximum atomic E-state index is 11.3. The van der Waals surface area contributed by atoms with E-state index in [1.165, 1.54) is 18.1 Å². The second kappa shape index (κ2) is 6.45. The SMILES string of the molecule is CCN(CC(=O)OC)c1ccc([N+](=O)[O-])cc1[N+](=O)[O-]. The predicted molar refractivity (Wildman–Crippen MR) is 69.7 cm³/mol. The van der Waals surface area contributed by atoms with Crippen LogP contribution in [0, 0.1) is 20.2 Å². The zero-order valence-corrected chi connectivity index (χ0v) is 10.9. The van der Waals surface area contributed by atoms with Crippen molar-refractivity contribution in [3.63, 3.8) is 0 Å². The van der Waals surface area contributed by atoms with Gasteiger partial charge in [0.15, 0.2) is 0 Å². The first kappa shape index (κ1) is 15.3. The number of anilines is 1. The molecule has 0 aromatic heterocycles. The Labute approximate surface area is 114 Å². The van der Waals surface area contributed by atoms with Gasteiger partial charge >= 0.3 is 5.97 Å². The monoisotopic (exact) mass is 283 g/mol. The number of hydrogen-bond donors (Lipinski definition) is 0. The lowest BCUT2D eigenvalue weighted by molar-refractivity contribution is -0.393. The molecule has 0 heterocycles. The van der Waals surface area contributed by atoms with Gasteiger partial charge in [-0.3, -0.25) is 25.0 Å². The first-order chi connectivity index (χ1) is 9.40. The molecule has 0 unspecified atom stereocenters. The molecule has 20 heavy (non-hydrogen) atoms. The molecule has 108 valence electrons. The van der Waals surface area contributed by atoms with Gasteiger partial charge in [-0.1, -0.05) is 0 Å².